The topological polar surface area (TPSA) is 65.2 Å². The van der Waals surface area contributed by atoms with Gasteiger partial charge in [0.1, 0.15) is 5.69 Å². The Hall–Kier alpha value is -1.58. The zero-order valence-electron chi connectivity index (χ0n) is 7.99. The predicted molar refractivity (Wildman–Crippen MR) is 52.0 cm³/mol. The first-order valence-corrected chi connectivity index (χ1v) is 4.57. The second-order valence-corrected chi connectivity index (χ2v) is 3.44. The smallest absolute Gasteiger partial charge is 0.356 e. The van der Waals surface area contributed by atoms with E-state index in [4.69, 9.17) is 5.73 Å². The Kier molecular flexibility index (Phi) is 2.11. The van der Waals surface area contributed by atoms with Crippen LogP contribution in [-0.4, -0.2) is 18.1 Å². The van der Waals surface area contributed by atoms with Gasteiger partial charge >= 0.3 is 5.97 Å². The standard InChI is InChI=1S/C10H12N2O2/c1-14-10(13)8-5-4-7(11)9(12-8)6-2-3-6/h4-6H,2-3,11H2,1H3. The van der Waals surface area contributed by atoms with Crippen LogP contribution in [0.3, 0.4) is 0 Å². The van der Waals surface area contributed by atoms with E-state index in [0.29, 0.717) is 17.3 Å². The fourth-order valence-corrected chi connectivity index (χ4v) is 1.39. The number of aromatic nitrogens is 1. The van der Waals surface area contributed by atoms with E-state index < -0.39 is 5.97 Å². The van der Waals surface area contributed by atoms with Crippen molar-refractivity contribution in [2.24, 2.45) is 0 Å². The quantitative estimate of drug-likeness (QED) is 0.718. The lowest BCUT2D eigenvalue weighted by atomic mass is 10.2. The molecule has 0 amide bonds. The molecule has 0 spiro atoms. The molecule has 1 heterocycles. The van der Waals surface area contributed by atoms with Crippen LogP contribution < -0.4 is 5.73 Å². The number of rotatable bonds is 2. The van der Waals surface area contributed by atoms with E-state index >= 15 is 0 Å². The van der Waals surface area contributed by atoms with E-state index in [0.717, 1.165) is 18.5 Å². The number of nitrogens with zero attached hydrogens (tertiary/aromatic N) is 1. The summed E-state index contributed by atoms with van der Waals surface area (Å²) >= 11 is 0. The Bertz CT molecular complexity index is 372. The van der Waals surface area contributed by atoms with Crippen LogP contribution in [0.2, 0.25) is 0 Å². The number of nitrogens with two attached hydrogens (primary N) is 1. The zero-order valence-corrected chi connectivity index (χ0v) is 7.99. The fraction of sp³-hybridized carbons (Fsp3) is 0.400. The van der Waals surface area contributed by atoms with Gasteiger partial charge in [0.05, 0.1) is 18.5 Å². The summed E-state index contributed by atoms with van der Waals surface area (Å²) in [5.41, 5.74) is 7.60. The van der Waals surface area contributed by atoms with Crippen molar-refractivity contribution in [3.05, 3.63) is 23.5 Å². The molecule has 0 bridgehead atoms. The molecule has 1 aliphatic carbocycles. The highest BCUT2D eigenvalue weighted by molar-refractivity contribution is 5.87. The second kappa shape index (κ2) is 3.29. The number of carbonyl (C=O) groups is 1. The van der Waals surface area contributed by atoms with Crippen LogP contribution in [0.25, 0.3) is 0 Å². The molecule has 0 radical (unpaired) electrons. The van der Waals surface area contributed by atoms with Crippen LogP contribution in [0.4, 0.5) is 5.69 Å². The van der Waals surface area contributed by atoms with Gasteiger partial charge in [-0.25, -0.2) is 9.78 Å². The molecule has 0 atom stereocenters. The maximum absolute atomic E-state index is 11.2. The Morgan fingerprint density at radius 1 is 1.57 bits per heavy atom. The van der Waals surface area contributed by atoms with Gasteiger partial charge in [0, 0.05) is 5.92 Å². The Morgan fingerprint density at radius 2 is 2.29 bits per heavy atom. The minimum Gasteiger partial charge on any atom is -0.464 e. The highest BCUT2D eigenvalue weighted by atomic mass is 16.5. The van der Waals surface area contributed by atoms with Gasteiger partial charge in [-0.15, -0.1) is 0 Å². The summed E-state index contributed by atoms with van der Waals surface area (Å²) < 4.78 is 4.59. The molecule has 74 valence electrons. The summed E-state index contributed by atoms with van der Waals surface area (Å²) in [5, 5.41) is 0. The number of nitrogen functional groups attached to an aromatic ring is 1. The molecule has 2 N–H and O–H groups in total. The third-order valence-electron chi connectivity index (χ3n) is 2.32. The summed E-state index contributed by atoms with van der Waals surface area (Å²) in [6.45, 7) is 0. The van der Waals surface area contributed by atoms with E-state index in [-0.39, 0.29) is 0 Å². The summed E-state index contributed by atoms with van der Waals surface area (Å²) in [6.07, 6.45) is 2.23. The van der Waals surface area contributed by atoms with Crippen LogP contribution in [-0.2, 0) is 4.74 Å². The number of anilines is 1. The van der Waals surface area contributed by atoms with Gasteiger partial charge in [0.2, 0.25) is 0 Å². The Morgan fingerprint density at radius 3 is 2.86 bits per heavy atom. The number of esters is 1. The molecule has 1 aliphatic rings. The average Bonchev–Trinajstić information content (AvgIpc) is 3.01. The van der Waals surface area contributed by atoms with Gasteiger partial charge in [-0.05, 0) is 25.0 Å². The van der Waals surface area contributed by atoms with Gasteiger partial charge in [-0.3, -0.25) is 0 Å². The monoisotopic (exact) mass is 192 g/mol. The molecule has 1 saturated carbocycles. The van der Waals surface area contributed by atoms with Gasteiger partial charge < -0.3 is 10.5 Å². The minimum absolute atomic E-state index is 0.337. The van der Waals surface area contributed by atoms with Crippen LogP contribution in [0, 0.1) is 0 Å². The van der Waals surface area contributed by atoms with E-state index in [1.54, 1.807) is 12.1 Å². The van der Waals surface area contributed by atoms with Gasteiger partial charge in [0.25, 0.3) is 0 Å². The van der Waals surface area contributed by atoms with E-state index in [1.165, 1.54) is 7.11 Å². The molecule has 14 heavy (non-hydrogen) atoms. The molecule has 2 rings (SSSR count). The van der Waals surface area contributed by atoms with Crippen molar-refractivity contribution < 1.29 is 9.53 Å². The van der Waals surface area contributed by atoms with Gasteiger partial charge in [-0.1, -0.05) is 0 Å². The fourth-order valence-electron chi connectivity index (χ4n) is 1.39. The molecule has 0 saturated heterocycles. The van der Waals surface area contributed by atoms with Crippen molar-refractivity contribution in [3.8, 4) is 0 Å². The predicted octanol–water partition coefficient (Wildman–Crippen LogP) is 1.33. The SMILES string of the molecule is COC(=O)c1ccc(N)c(C2CC2)n1. The lowest BCUT2D eigenvalue weighted by Gasteiger charge is -2.04. The summed E-state index contributed by atoms with van der Waals surface area (Å²) in [4.78, 5) is 15.4. The Balaban J connectivity index is 2.35. The van der Waals surface area contributed by atoms with Crippen molar-refractivity contribution in [2.75, 3.05) is 12.8 Å². The number of hydrogen-bond donors (Lipinski definition) is 1. The van der Waals surface area contributed by atoms with Gasteiger partial charge in [-0.2, -0.15) is 0 Å². The molecule has 4 heteroatoms. The minimum atomic E-state index is -0.410. The Labute approximate surface area is 82.1 Å². The highest BCUT2D eigenvalue weighted by Gasteiger charge is 2.27. The van der Waals surface area contributed by atoms with Crippen molar-refractivity contribution >= 4 is 11.7 Å². The molecule has 1 aromatic rings. The number of pyridine rings is 1. The number of ether oxygens (including phenoxy) is 1. The van der Waals surface area contributed by atoms with Crippen LogP contribution in [0.1, 0.15) is 34.9 Å². The van der Waals surface area contributed by atoms with Gasteiger partial charge in [0.15, 0.2) is 0 Å². The van der Waals surface area contributed by atoms with Crippen LogP contribution in [0.5, 0.6) is 0 Å². The molecule has 0 unspecified atom stereocenters. The van der Waals surface area contributed by atoms with E-state index in [2.05, 4.69) is 9.72 Å². The molecule has 1 fully saturated rings. The van der Waals surface area contributed by atoms with Crippen molar-refractivity contribution in [2.45, 2.75) is 18.8 Å². The maximum atomic E-state index is 11.2. The molecule has 1 aromatic heterocycles. The van der Waals surface area contributed by atoms with E-state index in [1.807, 2.05) is 0 Å². The third kappa shape index (κ3) is 1.55. The molecule has 0 aliphatic heterocycles. The van der Waals surface area contributed by atoms with E-state index in [9.17, 15) is 4.79 Å². The first kappa shape index (κ1) is 8.99. The molecular weight excluding hydrogens is 180 g/mol. The van der Waals surface area contributed by atoms with Crippen molar-refractivity contribution in [3.63, 3.8) is 0 Å². The number of carbonyl (C=O) groups excluding carboxylic acids is 1. The lowest BCUT2D eigenvalue weighted by Crippen LogP contribution is -2.07. The van der Waals surface area contributed by atoms with Crippen LogP contribution >= 0.6 is 0 Å². The lowest BCUT2D eigenvalue weighted by molar-refractivity contribution is 0.0594. The maximum Gasteiger partial charge on any atom is 0.356 e. The normalized spacial score (nSPS) is 15.2. The first-order valence-electron chi connectivity index (χ1n) is 4.57. The largest absolute Gasteiger partial charge is 0.464 e. The molecule has 0 aromatic carbocycles. The second-order valence-electron chi connectivity index (χ2n) is 3.44. The first-order chi connectivity index (χ1) is 6.72. The summed E-state index contributed by atoms with van der Waals surface area (Å²) in [7, 11) is 1.34. The number of methoxy groups -OCH3 is 1. The van der Waals surface area contributed by atoms with Crippen molar-refractivity contribution in [1.29, 1.82) is 0 Å². The highest BCUT2D eigenvalue weighted by Crippen LogP contribution is 2.41. The summed E-state index contributed by atoms with van der Waals surface area (Å²) in [6, 6.07) is 3.31. The zero-order chi connectivity index (χ0) is 10.1. The number of hydrogen-bond acceptors (Lipinski definition) is 4. The molecular formula is C10H12N2O2. The van der Waals surface area contributed by atoms with Crippen LogP contribution in [0.15, 0.2) is 12.1 Å². The summed E-state index contributed by atoms with van der Waals surface area (Å²) in [5.74, 6) is 0.0338. The third-order valence-corrected chi connectivity index (χ3v) is 2.32. The van der Waals surface area contributed by atoms with Crippen molar-refractivity contribution in [1.82, 2.24) is 4.98 Å². The molecule has 4 nitrogen and oxygen atoms in total. The average molecular weight is 192 g/mol.